The van der Waals surface area contributed by atoms with E-state index in [4.69, 9.17) is 4.74 Å². The maximum atomic E-state index is 5.61. The van der Waals surface area contributed by atoms with Crippen molar-refractivity contribution in [3.63, 3.8) is 0 Å². The fourth-order valence-electron chi connectivity index (χ4n) is 1.85. The Hall–Kier alpha value is -0.0800. The topological polar surface area (TPSA) is 21.3 Å². The highest BCUT2D eigenvalue weighted by Crippen LogP contribution is 2.23. The second kappa shape index (κ2) is 1.96. The van der Waals surface area contributed by atoms with Crippen molar-refractivity contribution in [2.24, 2.45) is 0 Å². The summed E-state index contributed by atoms with van der Waals surface area (Å²) in [5.74, 6) is 0. The minimum Gasteiger partial charge on any atom is -0.374 e. The highest BCUT2D eigenvalue weighted by atomic mass is 16.5. The van der Waals surface area contributed by atoms with Crippen LogP contribution in [0.5, 0.6) is 0 Å². The maximum absolute atomic E-state index is 5.61. The van der Waals surface area contributed by atoms with Crippen LogP contribution < -0.4 is 5.32 Å². The van der Waals surface area contributed by atoms with Gasteiger partial charge in [-0.05, 0) is 19.8 Å². The molecule has 2 rings (SSSR count). The summed E-state index contributed by atoms with van der Waals surface area (Å²) in [4.78, 5) is 0. The summed E-state index contributed by atoms with van der Waals surface area (Å²) in [6, 6.07) is 0.763. The van der Waals surface area contributed by atoms with E-state index in [0.717, 1.165) is 12.6 Å². The van der Waals surface area contributed by atoms with Gasteiger partial charge in [0.25, 0.3) is 0 Å². The summed E-state index contributed by atoms with van der Waals surface area (Å²) in [6.07, 6.45) is 3.46. The van der Waals surface area contributed by atoms with E-state index in [-0.39, 0.29) is 0 Å². The Labute approximate surface area is 55.6 Å². The fourth-order valence-corrected chi connectivity index (χ4v) is 1.85. The molecule has 3 atom stereocenters. The van der Waals surface area contributed by atoms with Crippen molar-refractivity contribution in [3.8, 4) is 0 Å². The van der Waals surface area contributed by atoms with E-state index in [1.165, 1.54) is 12.8 Å². The standard InChI is InChI=1S/C7H13NO/c1-5-2-6-3-7(9-5)4-8-6/h5-8H,2-4H2,1H3/t5?,6-,7-/m0/s1. The summed E-state index contributed by atoms with van der Waals surface area (Å²) < 4.78 is 5.61. The van der Waals surface area contributed by atoms with E-state index in [1.807, 2.05) is 0 Å². The average Bonchev–Trinajstić information content (AvgIpc) is 2.11. The summed E-state index contributed by atoms with van der Waals surface area (Å²) in [7, 11) is 0. The summed E-state index contributed by atoms with van der Waals surface area (Å²) in [5, 5.41) is 3.42. The monoisotopic (exact) mass is 127 g/mol. The quantitative estimate of drug-likeness (QED) is 0.512. The molecule has 2 aliphatic rings. The Morgan fingerprint density at radius 1 is 1.44 bits per heavy atom. The molecular weight excluding hydrogens is 114 g/mol. The molecule has 2 bridgehead atoms. The largest absolute Gasteiger partial charge is 0.374 e. The Morgan fingerprint density at radius 2 is 2.33 bits per heavy atom. The first-order valence-electron chi connectivity index (χ1n) is 3.73. The Bertz CT molecular complexity index is 103. The van der Waals surface area contributed by atoms with E-state index in [1.54, 1.807) is 0 Å². The van der Waals surface area contributed by atoms with Crippen molar-refractivity contribution in [3.05, 3.63) is 0 Å². The van der Waals surface area contributed by atoms with Gasteiger partial charge in [0.2, 0.25) is 0 Å². The predicted octanol–water partition coefficient (Wildman–Crippen LogP) is 0.526. The summed E-state index contributed by atoms with van der Waals surface area (Å²) >= 11 is 0. The second-order valence-electron chi connectivity index (χ2n) is 3.15. The highest BCUT2D eigenvalue weighted by molar-refractivity contribution is 4.88. The highest BCUT2D eigenvalue weighted by Gasteiger charge is 2.32. The normalized spacial score (nSPS) is 49.7. The van der Waals surface area contributed by atoms with Crippen LogP contribution in [0.15, 0.2) is 0 Å². The molecule has 9 heavy (non-hydrogen) atoms. The molecule has 0 aromatic rings. The first kappa shape index (κ1) is 5.69. The molecule has 0 spiro atoms. The molecule has 0 aromatic carbocycles. The van der Waals surface area contributed by atoms with Crippen LogP contribution in [0.1, 0.15) is 19.8 Å². The minimum atomic E-state index is 0.490. The van der Waals surface area contributed by atoms with Crippen LogP contribution in [0.3, 0.4) is 0 Å². The zero-order chi connectivity index (χ0) is 6.27. The molecule has 2 heterocycles. The molecule has 0 amide bonds. The lowest BCUT2D eigenvalue weighted by Crippen LogP contribution is -2.29. The smallest absolute Gasteiger partial charge is 0.0718 e. The van der Waals surface area contributed by atoms with Gasteiger partial charge < -0.3 is 10.1 Å². The SMILES string of the molecule is CC1C[C@H]2C[C@@H](CN2)O1. The van der Waals surface area contributed by atoms with Gasteiger partial charge in [-0.1, -0.05) is 0 Å². The summed E-state index contributed by atoms with van der Waals surface area (Å²) in [6.45, 7) is 3.24. The molecule has 2 aliphatic heterocycles. The third-order valence-electron chi connectivity index (χ3n) is 2.22. The first-order chi connectivity index (χ1) is 4.34. The molecule has 1 N–H and O–H groups in total. The second-order valence-corrected chi connectivity index (χ2v) is 3.15. The van der Waals surface area contributed by atoms with E-state index in [2.05, 4.69) is 12.2 Å². The average molecular weight is 127 g/mol. The molecule has 0 aromatic heterocycles. The van der Waals surface area contributed by atoms with Crippen LogP contribution >= 0.6 is 0 Å². The van der Waals surface area contributed by atoms with Crippen molar-refractivity contribution >= 4 is 0 Å². The first-order valence-corrected chi connectivity index (χ1v) is 3.73. The van der Waals surface area contributed by atoms with Gasteiger partial charge in [-0.3, -0.25) is 0 Å². The molecule has 2 fully saturated rings. The predicted molar refractivity (Wildman–Crippen MR) is 35.4 cm³/mol. The van der Waals surface area contributed by atoms with Crippen LogP contribution in [0.2, 0.25) is 0 Å². The lowest BCUT2D eigenvalue weighted by atomic mass is 10.0. The molecule has 52 valence electrons. The van der Waals surface area contributed by atoms with Crippen molar-refractivity contribution in [2.45, 2.75) is 38.0 Å². The molecule has 0 saturated carbocycles. The van der Waals surface area contributed by atoms with Gasteiger partial charge in [-0.25, -0.2) is 0 Å². The van der Waals surface area contributed by atoms with Gasteiger partial charge in [0, 0.05) is 12.6 Å². The Morgan fingerprint density at radius 3 is 3.11 bits per heavy atom. The number of hydrogen-bond acceptors (Lipinski definition) is 2. The zero-order valence-electron chi connectivity index (χ0n) is 5.76. The summed E-state index contributed by atoms with van der Waals surface area (Å²) in [5.41, 5.74) is 0. The third-order valence-corrected chi connectivity index (χ3v) is 2.22. The van der Waals surface area contributed by atoms with Crippen LogP contribution in [0.25, 0.3) is 0 Å². The zero-order valence-corrected chi connectivity index (χ0v) is 5.76. The van der Waals surface area contributed by atoms with Crippen molar-refractivity contribution in [1.29, 1.82) is 0 Å². The number of hydrogen-bond donors (Lipinski definition) is 1. The van der Waals surface area contributed by atoms with Gasteiger partial charge >= 0.3 is 0 Å². The van der Waals surface area contributed by atoms with Gasteiger partial charge in [0.05, 0.1) is 12.2 Å². The van der Waals surface area contributed by atoms with Crippen molar-refractivity contribution in [1.82, 2.24) is 5.32 Å². The van der Waals surface area contributed by atoms with Crippen LogP contribution in [-0.4, -0.2) is 24.8 Å². The molecule has 2 nitrogen and oxygen atoms in total. The number of rotatable bonds is 0. The third kappa shape index (κ3) is 0.970. The van der Waals surface area contributed by atoms with Gasteiger partial charge in [0.1, 0.15) is 0 Å². The lowest BCUT2D eigenvalue weighted by molar-refractivity contribution is -0.0174. The van der Waals surface area contributed by atoms with Gasteiger partial charge in [0.15, 0.2) is 0 Å². The maximum Gasteiger partial charge on any atom is 0.0718 e. The van der Waals surface area contributed by atoms with E-state index in [9.17, 15) is 0 Å². The number of ether oxygens (including phenoxy) is 1. The molecule has 0 aliphatic carbocycles. The van der Waals surface area contributed by atoms with E-state index in [0.29, 0.717) is 12.2 Å². The number of fused-ring (bicyclic) bond motifs is 2. The molecule has 1 unspecified atom stereocenters. The molecule has 2 heteroatoms. The number of nitrogens with one attached hydrogen (secondary N) is 1. The van der Waals surface area contributed by atoms with Crippen LogP contribution in [-0.2, 0) is 4.74 Å². The van der Waals surface area contributed by atoms with Gasteiger partial charge in [-0.2, -0.15) is 0 Å². The minimum absolute atomic E-state index is 0.490. The van der Waals surface area contributed by atoms with Crippen molar-refractivity contribution < 1.29 is 4.74 Å². The molecular formula is C7H13NO. The van der Waals surface area contributed by atoms with Crippen molar-refractivity contribution in [2.75, 3.05) is 6.54 Å². The Balaban J connectivity index is 2.03. The Kier molecular flexibility index (Phi) is 1.24. The molecule has 2 saturated heterocycles. The van der Waals surface area contributed by atoms with E-state index >= 15 is 0 Å². The van der Waals surface area contributed by atoms with Crippen LogP contribution in [0, 0.1) is 0 Å². The van der Waals surface area contributed by atoms with E-state index < -0.39 is 0 Å². The fraction of sp³-hybridized carbons (Fsp3) is 1.00. The lowest BCUT2D eigenvalue weighted by Gasteiger charge is -2.24. The van der Waals surface area contributed by atoms with Gasteiger partial charge in [-0.15, -0.1) is 0 Å². The van der Waals surface area contributed by atoms with Crippen LogP contribution in [0.4, 0.5) is 0 Å². The molecule has 0 radical (unpaired) electrons.